The van der Waals surface area contributed by atoms with Crippen LogP contribution < -0.4 is 10.2 Å². The van der Waals surface area contributed by atoms with Gasteiger partial charge in [-0.2, -0.15) is 0 Å². The number of aromatic nitrogens is 1. The third-order valence-electron chi connectivity index (χ3n) is 3.46. The molecule has 1 aliphatic rings. The van der Waals surface area contributed by atoms with Gasteiger partial charge in [0, 0.05) is 12.1 Å². The van der Waals surface area contributed by atoms with Gasteiger partial charge in [-0.1, -0.05) is 11.6 Å². The Bertz CT molecular complexity index is 777. The van der Waals surface area contributed by atoms with Crippen LogP contribution in [0.1, 0.15) is 29.4 Å². The molecule has 0 radical (unpaired) electrons. The Morgan fingerprint density at radius 1 is 1.45 bits per heavy atom. The fourth-order valence-corrected chi connectivity index (χ4v) is 2.69. The summed E-state index contributed by atoms with van der Waals surface area (Å²) in [7, 11) is 1.48. The molecular formula is C14H12ClNO4. The Kier molecular flexibility index (Phi) is 2.94. The van der Waals surface area contributed by atoms with Crippen molar-refractivity contribution in [2.24, 2.45) is 0 Å². The maximum Gasteiger partial charge on any atom is 0.352 e. The second kappa shape index (κ2) is 4.52. The van der Waals surface area contributed by atoms with Crippen molar-refractivity contribution < 1.29 is 14.6 Å². The van der Waals surface area contributed by atoms with E-state index in [1.54, 1.807) is 16.7 Å². The van der Waals surface area contributed by atoms with E-state index < -0.39 is 11.4 Å². The van der Waals surface area contributed by atoms with Crippen LogP contribution in [0.25, 0.3) is 10.9 Å². The molecule has 0 amide bonds. The summed E-state index contributed by atoms with van der Waals surface area (Å²) in [6.45, 7) is 0. The molecule has 6 heteroatoms. The normalized spacial score (nSPS) is 14.5. The summed E-state index contributed by atoms with van der Waals surface area (Å²) in [5, 5.41) is 9.94. The van der Waals surface area contributed by atoms with Crippen LogP contribution in [-0.4, -0.2) is 22.8 Å². The van der Waals surface area contributed by atoms with E-state index in [4.69, 9.17) is 16.3 Å². The van der Waals surface area contributed by atoms with E-state index in [1.807, 2.05) is 0 Å². The maximum atomic E-state index is 12.2. The van der Waals surface area contributed by atoms with E-state index in [9.17, 15) is 14.7 Å². The largest absolute Gasteiger partial charge is 0.495 e. The van der Waals surface area contributed by atoms with E-state index in [0.29, 0.717) is 21.7 Å². The molecule has 1 N–H and O–H groups in total. The number of pyridine rings is 1. The second-order valence-corrected chi connectivity index (χ2v) is 5.18. The summed E-state index contributed by atoms with van der Waals surface area (Å²) >= 11 is 6.10. The van der Waals surface area contributed by atoms with Crippen molar-refractivity contribution in [3.05, 3.63) is 39.1 Å². The molecule has 0 unspecified atom stereocenters. The van der Waals surface area contributed by atoms with Crippen LogP contribution in [0, 0.1) is 0 Å². The van der Waals surface area contributed by atoms with Gasteiger partial charge in [0.05, 0.1) is 23.0 Å². The molecule has 0 spiro atoms. The SMILES string of the molecule is COc1ccc(Cl)c2c(=O)cc(C(=O)O)n(C3CC3)c12. The first-order chi connectivity index (χ1) is 9.54. The summed E-state index contributed by atoms with van der Waals surface area (Å²) in [4.78, 5) is 23.6. The third-order valence-corrected chi connectivity index (χ3v) is 3.77. The van der Waals surface area contributed by atoms with Crippen LogP contribution in [0.4, 0.5) is 0 Å². The van der Waals surface area contributed by atoms with Crippen LogP contribution in [0.3, 0.4) is 0 Å². The number of ether oxygens (including phenoxy) is 1. The zero-order valence-corrected chi connectivity index (χ0v) is 11.5. The number of hydrogen-bond donors (Lipinski definition) is 1. The summed E-state index contributed by atoms with van der Waals surface area (Å²) in [6, 6.07) is 4.45. The Morgan fingerprint density at radius 2 is 2.15 bits per heavy atom. The molecule has 20 heavy (non-hydrogen) atoms. The Balaban J connectivity index is 2.54. The van der Waals surface area contributed by atoms with Crippen molar-refractivity contribution in [2.45, 2.75) is 18.9 Å². The van der Waals surface area contributed by atoms with Crippen LogP contribution in [0.2, 0.25) is 5.02 Å². The standard InChI is InChI=1S/C14H12ClNO4/c1-20-11-5-4-8(15)12-10(17)6-9(14(18)19)16(13(11)12)7-2-3-7/h4-7H,2-3H2,1H3,(H,18,19). The molecule has 1 saturated carbocycles. The number of nitrogens with zero attached hydrogens (tertiary/aromatic N) is 1. The minimum atomic E-state index is -1.13. The van der Waals surface area contributed by atoms with Crippen LogP contribution in [0.15, 0.2) is 23.0 Å². The summed E-state index contributed by atoms with van der Waals surface area (Å²) in [5.74, 6) is -0.672. The minimum Gasteiger partial charge on any atom is -0.495 e. The molecule has 0 aliphatic heterocycles. The molecule has 5 nitrogen and oxygen atoms in total. The number of carbonyl (C=O) groups is 1. The lowest BCUT2D eigenvalue weighted by atomic mass is 10.1. The molecule has 0 atom stereocenters. The van der Waals surface area contributed by atoms with Gasteiger partial charge in [0.15, 0.2) is 5.43 Å². The molecule has 1 fully saturated rings. The lowest BCUT2D eigenvalue weighted by Gasteiger charge is -2.16. The van der Waals surface area contributed by atoms with E-state index >= 15 is 0 Å². The fourth-order valence-electron chi connectivity index (χ4n) is 2.45. The number of benzene rings is 1. The van der Waals surface area contributed by atoms with Gasteiger partial charge in [-0.25, -0.2) is 4.79 Å². The summed E-state index contributed by atoms with van der Waals surface area (Å²) < 4.78 is 6.94. The predicted octanol–water partition coefficient (Wildman–Crippen LogP) is 2.70. The third kappa shape index (κ3) is 1.86. The number of aromatic carboxylic acids is 1. The van der Waals surface area contributed by atoms with Gasteiger partial charge in [0.1, 0.15) is 11.4 Å². The molecule has 0 bridgehead atoms. The van der Waals surface area contributed by atoms with Gasteiger partial charge in [0.25, 0.3) is 0 Å². The average Bonchev–Trinajstić information content (AvgIpc) is 3.22. The van der Waals surface area contributed by atoms with Gasteiger partial charge in [-0.15, -0.1) is 0 Å². The van der Waals surface area contributed by atoms with Crippen molar-refractivity contribution in [1.29, 1.82) is 0 Å². The molecule has 1 heterocycles. The molecule has 1 aromatic carbocycles. The number of rotatable bonds is 3. The number of methoxy groups -OCH3 is 1. The van der Waals surface area contributed by atoms with E-state index in [0.717, 1.165) is 18.9 Å². The Hall–Kier alpha value is -2.01. The number of carboxylic acids is 1. The summed E-state index contributed by atoms with van der Waals surface area (Å²) in [6.07, 6.45) is 1.77. The first-order valence-corrected chi connectivity index (χ1v) is 6.57. The van der Waals surface area contributed by atoms with Gasteiger partial charge < -0.3 is 14.4 Å². The smallest absolute Gasteiger partial charge is 0.352 e. The molecule has 3 rings (SSSR count). The average molecular weight is 294 g/mol. The molecule has 0 saturated heterocycles. The van der Waals surface area contributed by atoms with Crippen molar-refractivity contribution in [1.82, 2.24) is 4.57 Å². The Morgan fingerprint density at radius 3 is 2.70 bits per heavy atom. The molecule has 1 aromatic heterocycles. The summed E-state index contributed by atoms with van der Waals surface area (Å²) in [5.41, 5.74) is 0.0381. The van der Waals surface area contributed by atoms with E-state index in [-0.39, 0.29) is 11.7 Å². The van der Waals surface area contributed by atoms with Crippen LogP contribution in [-0.2, 0) is 0 Å². The molecule has 1 aliphatic carbocycles. The monoisotopic (exact) mass is 293 g/mol. The maximum absolute atomic E-state index is 12.2. The quantitative estimate of drug-likeness (QED) is 0.944. The number of fused-ring (bicyclic) bond motifs is 1. The topological polar surface area (TPSA) is 68.5 Å². The highest BCUT2D eigenvalue weighted by Gasteiger charge is 2.30. The van der Waals surface area contributed by atoms with E-state index in [2.05, 4.69) is 0 Å². The number of halogens is 1. The van der Waals surface area contributed by atoms with Crippen LogP contribution in [0.5, 0.6) is 5.75 Å². The lowest BCUT2D eigenvalue weighted by molar-refractivity contribution is 0.0684. The van der Waals surface area contributed by atoms with Gasteiger partial charge in [-0.3, -0.25) is 4.79 Å². The number of hydrogen-bond acceptors (Lipinski definition) is 3. The van der Waals surface area contributed by atoms with Gasteiger partial charge in [-0.05, 0) is 25.0 Å². The Labute approximate surface area is 119 Å². The highest BCUT2D eigenvalue weighted by molar-refractivity contribution is 6.35. The highest BCUT2D eigenvalue weighted by atomic mass is 35.5. The first-order valence-electron chi connectivity index (χ1n) is 6.19. The van der Waals surface area contributed by atoms with Gasteiger partial charge >= 0.3 is 5.97 Å². The molecular weight excluding hydrogens is 282 g/mol. The highest BCUT2D eigenvalue weighted by Crippen LogP contribution is 2.41. The second-order valence-electron chi connectivity index (χ2n) is 4.77. The fraction of sp³-hybridized carbons (Fsp3) is 0.286. The first kappa shape index (κ1) is 13.0. The van der Waals surface area contributed by atoms with Crippen LogP contribution >= 0.6 is 11.6 Å². The molecule has 2 aromatic rings. The van der Waals surface area contributed by atoms with E-state index in [1.165, 1.54) is 7.11 Å². The van der Waals surface area contributed by atoms with Crippen molar-refractivity contribution >= 4 is 28.5 Å². The van der Waals surface area contributed by atoms with Crippen molar-refractivity contribution in [3.63, 3.8) is 0 Å². The zero-order valence-electron chi connectivity index (χ0n) is 10.7. The minimum absolute atomic E-state index is 0.0226. The lowest BCUT2D eigenvalue weighted by Crippen LogP contribution is -2.18. The predicted molar refractivity (Wildman–Crippen MR) is 75.0 cm³/mol. The zero-order chi connectivity index (χ0) is 14.4. The number of carboxylic acid groups (broad SMARTS) is 1. The van der Waals surface area contributed by atoms with Crippen molar-refractivity contribution in [2.75, 3.05) is 7.11 Å². The molecule has 104 valence electrons. The van der Waals surface area contributed by atoms with Crippen molar-refractivity contribution in [3.8, 4) is 5.75 Å². The van der Waals surface area contributed by atoms with Gasteiger partial charge in [0.2, 0.25) is 0 Å².